The average Bonchev–Trinajstić information content (AvgIpc) is 3.10. The lowest BCUT2D eigenvalue weighted by Crippen LogP contribution is -2.00. The fourth-order valence-electron chi connectivity index (χ4n) is 1.85. The van der Waals surface area contributed by atoms with E-state index in [1.165, 1.54) is 12.1 Å². The van der Waals surface area contributed by atoms with Gasteiger partial charge in [-0.15, -0.1) is 5.10 Å². The third-order valence-electron chi connectivity index (χ3n) is 2.84. The van der Waals surface area contributed by atoms with Gasteiger partial charge in [-0.25, -0.2) is 9.07 Å². The van der Waals surface area contributed by atoms with Crippen LogP contribution in [0.5, 0.6) is 0 Å². The van der Waals surface area contributed by atoms with Crippen LogP contribution in [0.2, 0.25) is 0 Å². The summed E-state index contributed by atoms with van der Waals surface area (Å²) in [5.74, 6) is -0.299. The smallest absolute Gasteiger partial charge is 0.172 e. The van der Waals surface area contributed by atoms with Gasteiger partial charge in [-0.05, 0) is 37.1 Å². The summed E-state index contributed by atoms with van der Waals surface area (Å²) >= 11 is 0. The highest BCUT2D eigenvalue weighted by Gasteiger charge is 2.29. The predicted octanol–water partition coefficient (Wildman–Crippen LogP) is 2.23. The van der Waals surface area contributed by atoms with Crippen molar-refractivity contribution in [3.8, 4) is 11.3 Å². The highest BCUT2D eigenvalue weighted by molar-refractivity contribution is 5.83. The molecule has 2 aromatic rings. The second-order valence-corrected chi connectivity index (χ2v) is 4.12. The molecule has 0 aliphatic heterocycles. The van der Waals surface area contributed by atoms with Crippen molar-refractivity contribution in [2.45, 2.75) is 18.9 Å². The molecule has 1 saturated carbocycles. The van der Waals surface area contributed by atoms with Gasteiger partial charge in [0.1, 0.15) is 5.82 Å². The lowest BCUT2D eigenvalue weighted by Gasteiger charge is -2.05. The van der Waals surface area contributed by atoms with E-state index >= 15 is 0 Å². The molecule has 0 N–H and O–H groups in total. The van der Waals surface area contributed by atoms with Crippen molar-refractivity contribution in [2.24, 2.45) is 0 Å². The molecule has 3 rings (SSSR count). The molecule has 1 aromatic carbocycles. The fraction of sp³-hybridized carbons (Fsp3) is 0.250. The van der Waals surface area contributed by atoms with Crippen molar-refractivity contribution in [1.29, 1.82) is 0 Å². The number of carbonyl (C=O) groups is 1. The number of aromatic nitrogens is 3. The van der Waals surface area contributed by atoms with Gasteiger partial charge < -0.3 is 0 Å². The third kappa shape index (κ3) is 1.73. The van der Waals surface area contributed by atoms with E-state index in [1.807, 2.05) is 0 Å². The number of carbonyl (C=O) groups excluding carboxylic acids is 1. The van der Waals surface area contributed by atoms with Gasteiger partial charge in [0.15, 0.2) is 12.0 Å². The summed E-state index contributed by atoms with van der Waals surface area (Å²) < 4.78 is 14.6. The van der Waals surface area contributed by atoms with Crippen LogP contribution in [-0.4, -0.2) is 21.3 Å². The fourth-order valence-corrected chi connectivity index (χ4v) is 1.85. The molecule has 0 radical (unpaired) electrons. The molecule has 4 nitrogen and oxygen atoms in total. The summed E-state index contributed by atoms with van der Waals surface area (Å²) in [4.78, 5) is 10.9. The zero-order valence-electron chi connectivity index (χ0n) is 9.01. The van der Waals surface area contributed by atoms with E-state index in [9.17, 15) is 9.18 Å². The monoisotopic (exact) mass is 231 g/mol. The van der Waals surface area contributed by atoms with E-state index in [0.717, 1.165) is 18.4 Å². The first-order valence-corrected chi connectivity index (χ1v) is 5.46. The van der Waals surface area contributed by atoms with E-state index < -0.39 is 0 Å². The first-order chi connectivity index (χ1) is 8.29. The number of rotatable bonds is 3. The van der Waals surface area contributed by atoms with Crippen molar-refractivity contribution in [3.63, 3.8) is 0 Å². The molecule has 5 heteroatoms. The van der Waals surface area contributed by atoms with Gasteiger partial charge in [-0.2, -0.15) is 0 Å². The Kier molecular flexibility index (Phi) is 2.24. The van der Waals surface area contributed by atoms with Crippen LogP contribution in [0, 0.1) is 5.82 Å². The molecule has 1 fully saturated rings. The first kappa shape index (κ1) is 10.1. The Hall–Kier alpha value is -2.04. The van der Waals surface area contributed by atoms with Gasteiger partial charge in [0, 0.05) is 5.56 Å². The minimum absolute atomic E-state index is 0.299. The molecule has 86 valence electrons. The van der Waals surface area contributed by atoms with Crippen molar-refractivity contribution < 1.29 is 9.18 Å². The standard InChI is InChI=1S/C12H10FN3O/c13-9-3-1-8(2-4-9)12-11(7-17)14-15-16(12)10-5-6-10/h1-4,7,10H,5-6H2. The zero-order chi connectivity index (χ0) is 11.8. The maximum Gasteiger partial charge on any atom is 0.172 e. The Bertz CT molecular complexity index is 558. The normalized spacial score (nSPS) is 14.9. The lowest BCUT2D eigenvalue weighted by atomic mass is 10.1. The van der Waals surface area contributed by atoms with Gasteiger partial charge in [-0.1, -0.05) is 5.21 Å². The predicted molar refractivity (Wildman–Crippen MR) is 59.1 cm³/mol. The summed E-state index contributed by atoms with van der Waals surface area (Å²) in [5.41, 5.74) is 1.76. The zero-order valence-corrected chi connectivity index (χ0v) is 9.01. The number of hydrogen-bond acceptors (Lipinski definition) is 3. The molecule has 0 spiro atoms. The van der Waals surface area contributed by atoms with Crippen LogP contribution in [0.4, 0.5) is 4.39 Å². The van der Waals surface area contributed by atoms with E-state index in [4.69, 9.17) is 0 Å². The first-order valence-electron chi connectivity index (χ1n) is 5.46. The van der Waals surface area contributed by atoms with Crippen LogP contribution in [0.25, 0.3) is 11.3 Å². The molecule has 1 heterocycles. The number of benzene rings is 1. The van der Waals surface area contributed by atoms with Crippen molar-refractivity contribution in [3.05, 3.63) is 35.8 Å². The highest BCUT2D eigenvalue weighted by Crippen LogP contribution is 2.38. The maximum atomic E-state index is 12.9. The maximum absolute atomic E-state index is 12.9. The van der Waals surface area contributed by atoms with Crippen LogP contribution in [0.3, 0.4) is 0 Å². The van der Waals surface area contributed by atoms with E-state index in [1.54, 1.807) is 16.8 Å². The van der Waals surface area contributed by atoms with Crippen LogP contribution in [0.1, 0.15) is 29.4 Å². The Labute approximate surface area is 97.1 Å². The Morgan fingerprint density at radius 1 is 1.29 bits per heavy atom. The Morgan fingerprint density at radius 2 is 2.00 bits per heavy atom. The molecule has 0 saturated heterocycles. The van der Waals surface area contributed by atoms with Gasteiger partial charge in [0.05, 0.1) is 11.7 Å². The molecule has 0 atom stereocenters. The van der Waals surface area contributed by atoms with Gasteiger partial charge in [0.2, 0.25) is 0 Å². The van der Waals surface area contributed by atoms with Crippen molar-refractivity contribution in [2.75, 3.05) is 0 Å². The largest absolute Gasteiger partial charge is 0.296 e. The van der Waals surface area contributed by atoms with Crippen molar-refractivity contribution >= 4 is 6.29 Å². The van der Waals surface area contributed by atoms with Crippen LogP contribution in [0.15, 0.2) is 24.3 Å². The van der Waals surface area contributed by atoms with Crippen LogP contribution < -0.4 is 0 Å². The van der Waals surface area contributed by atoms with Gasteiger partial charge >= 0.3 is 0 Å². The van der Waals surface area contributed by atoms with E-state index in [2.05, 4.69) is 10.3 Å². The second-order valence-electron chi connectivity index (χ2n) is 4.12. The van der Waals surface area contributed by atoms with Crippen LogP contribution >= 0.6 is 0 Å². The second kappa shape index (κ2) is 3.76. The SMILES string of the molecule is O=Cc1nnn(C2CC2)c1-c1ccc(F)cc1. The van der Waals surface area contributed by atoms with Crippen LogP contribution in [-0.2, 0) is 0 Å². The van der Waals surface area contributed by atoms with Crippen molar-refractivity contribution in [1.82, 2.24) is 15.0 Å². The molecular formula is C12H10FN3O. The topological polar surface area (TPSA) is 47.8 Å². The van der Waals surface area contributed by atoms with Gasteiger partial charge in [0.25, 0.3) is 0 Å². The highest BCUT2D eigenvalue weighted by atomic mass is 19.1. The van der Waals surface area contributed by atoms with E-state index in [0.29, 0.717) is 23.7 Å². The summed E-state index contributed by atoms with van der Waals surface area (Å²) in [5, 5.41) is 7.84. The average molecular weight is 231 g/mol. The summed E-state index contributed by atoms with van der Waals surface area (Å²) in [6.45, 7) is 0. The molecule has 1 aliphatic carbocycles. The van der Waals surface area contributed by atoms with Gasteiger partial charge in [-0.3, -0.25) is 4.79 Å². The lowest BCUT2D eigenvalue weighted by molar-refractivity contribution is 0.111. The molecule has 1 aromatic heterocycles. The Balaban J connectivity index is 2.13. The minimum atomic E-state index is -0.299. The summed E-state index contributed by atoms with van der Waals surface area (Å²) in [6.07, 6.45) is 2.79. The molecule has 0 unspecified atom stereocenters. The minimum Gasteiger partial charge on any atom is -0.296 e. The quantitative estimate of drug-likeness (QED) is 0.761. The molecule has 0 bridgehead atoms. The number of hydrogen-bond donors (Lipinski definition) is 0. The Morgan fingerprint density at radius 3 is 2.59 bits per heavy atom. The molecular weight excluding hydrogens is 221 g/mol. The summed E-state index contributed by atoms with van der Waals surface area (Å²) in [7, 11) is 0. The number of aldehydes is 1. The van der Waals surface area contributed by atoms with E-state index in [-0.39, 0.29) is 5.82 Å². The molecule has 1 aliphatic rings. The third-order valence-corrected chi connectivity index (χ3v) is 2.84. The summed E-state index contributed by atoms with van der Waals surface area (Å²) in [6, 6.07) is 6.35. The number of nitrogens with zero attached hydrogens (tertiary/aromatic N) is 3. The number of halogens is 1. The molecule has 17 heavy (non-hydrogen) atoms. The molecule has 0 amide bonds.